The van der Waals surface area contributed by atoms with Crippen LogP contribution in [0.2, 0.25) is 0 Å². The second kappa shape index (κ2) is 6.70. The number of hydrogen-bond acceptors (Lipinski definition) is 3. The molecule has 1 aliphatic heterocycles. The molecule has 1 saturated carbocycles. The number of hydrogen-bond donors (Lipinski definition) is 1. The highest BCUT2D eigenvalue weighted by Crippen LogP contribution is 2.23. The number of nitrogens with zero attached hydrogens (tertiary/aromatic N) is 3. The van der Waals surface area contributed by atoms with Crippen LogP contribution in [0, 0.1) is 5.92 Å². The minimum Gasteiger partial charge on any atom is -0.353 e. The summed E-state index contributed by atoms with van der Waals surface area (Å²) in [6.07, 6.45) is 7.45. The maximum atomic E-state index is 12.9. The highest BCUT2D eigenvalue weighted by Gasteiger charge is 2.32. The lowest BCUT2D eigenvalue weighted by Crippen LogP contribution is -2.45. The molecule has 130 valence electrons. The van der Waals surface area contributed by atoms with Crippen LogP contribution in [0.1, 0.15) is 36.0 Å². The molecular formula is C19H22N4O2. The van der Waals surface area contributed by atoms with E-state index in [1.165, 1.54) is 0 Å². The summed E-state index contributed by atoms with van der Waals surface area (Å²) < 4.78 is 1.73. The zero-order valence-corrected chi connectivity index (χ0v) is 14.1. The predicted molar refractivity (Wildman–Crippen MR) is 93.4 cm³/mol. The molecule has 2 amide bonds. The maximum Gasteiger partial charge on any atom is 0.253 e. The average Bonchev–Trinajstić information content (AvgIpc) is 3.30. The molecule has 0 radical (unpaired) electrons. The van der Waals surface area contributed by atoms with Crippen molar-refractivity contribution >= 4 is 11.8 Å². The molecule has 2 aromatic rings. The Bertz CT molecular complexity index is 767. The van der Waals surface area contributed by atoms with Crippen LogP contribution in [0.15, 0.2) is 42.7 Å². The number of likely N-dealkylation sites (tertiary alicyclic amines) is 1. The largest absolute Gasteiger partial charge is 0.353 e. The van der Waals surface area contributed by atoms with E-state index in [9.17, 15) is 9.59 Å². The summed E-state index contributed by atoms with van der Waals surface area (Å²) in [7, 11) is 0. The van der Waals surface area contributed by atoms with E-state index in [0.717, 1.165) is 31.4 Å². The fourth-order valence-electron chi connectivity index (χ4n) is 3.31. The zero-order valence-electron chi connectivity index (χ0n) is 14.1. The number of aromatic nitrogens is 2. The van der Waals surface area contributed by atoms with Crippen LogP contribution in [-0.4, -0.2) is 45.6 Å². The van der Waals surface area contributed by atoms with Crippen molar-refractivity contribution < 1.29 is 9.59 Å². The minimum absolute atomic E-state index is 0.0158. The van der Waals surface area contributed by atoms with E-state index in [4.69, 9.17) is 0 Å². The Morgan fingerprint density at radius 2 is 2.04 bits per heavy atom. The molecule has 2 aliphatic rings. The molecule has 0 spiro atoms. The van der Waals surface area contributed by atoms with Crippen molar-refractivity contribution in [3.05, 3.63) is 48.3 Å². The quantitative estimate of drug-likeness (QED) is 0.927. The van der Waals surface area contributed by atoms with Gasteiger partial charge in [0.25, 0.3) is 5.91 Å². The van der Waals surface area contributed by atoms with Gasteiger partial charge in [-0.3, -0.25) is 9.59 Å². The molecule has 2 fully saturated rings. The number of rotatable bonds is 4. The van der Waals surface area contributed by atoms with E-state index in [1.807, 2.05) is 41.4 Å². The first kappa shape index (κ1) is 15.9. The fourth-order valence-corrected chi connectivity index (χ4v) is 3.31. The molecule has 0 bridgehead atoms. The molecule has 1 N–H and O–H groups in total. The summed E-state index contributed by atoms with van der Waals surface area (Å²) in [6, 6.07) is 9.68. The summed E-state index contributed by atoms with van der Waals surface area (Å²) in [5.74, 6) is -0.00387. The number of benzene rings is 1. The molecule has 1 saturated heterocycles. The van der Waals surface area contributed by atoms with Crippen LogP contribution in [-0.2, 0) is 4.79 Å². The summed E-state index contributed by atoms with van der Waals surface area (Å²) in [5, 5.41) is 7.27. The number of amides is 2. The van der Waals surface area contributed by atoms with Crippen molar-refractivity contribution in [1.82, 2.24) is 20.0 Å². The second-order valence-corrected chi connectivity index (χ2v) is 6.87. The van der Waals surface area contributed by atoms with Crippen molar-refractivity contribution in [2.24, 2.45) is 5.92 Å². The van der Waals surface area contributed by atoms with E-state index in [2.05, 4.69) is 10.4 Å². The highest BCUT2D eigenvalue weighted by atomic mass is 16.2. The van der Waals surface area contributed by atoms with E-state index in [-0.39, 0.29) is 17.7 Å². The van der Waals surface area contributed by atoms with Gasteiger partial charge in [0.15, 0.2) is 0 Å². The number of nitrogens with one attached hydrogen (secondary N) is 1. The van der Waals surface area contributed by atoms with Gasteiger partial charge in [0.05, 0.1) is 11.6 Å². The second-order valence-electron chi connectivity index (χ2n) is 6.87. The fraction of sp³-hybridized carbons (Fsp3) is 0.421. The van der Waals surface area contributed by atoms with Crippen molar-refractivity contribution in [3.8, 4) is 5.69 Å². The van der Waals surface area contributed by atoms with Crippen molar-refractivity contribution in [3.63, 3.8) is 0 Å². The monoisotopic (exact) mass is 338 g/mol. The maximum absolute atomic E-state index is 12.9. The van der Waals surface area contributed by atoms with Crippen molar-refractivity contribution in [1.29, 1.82) is 0 Å². The smallest absolute Gasteiger partial charge is 0.253 e. The molecule has 2 heterocycles. The Labute approximate surface area is 146 Å². The SMILES string of the molecule is O=C(NC1CC1)[C@H]1CCCN(C(=O)c2cccc(-n3cccn3)c2)C1. The van der Waals surface area contributed by atoms with Gasteiger partial charge in [0, 0.05) is 37.1 Å². The van der Waals surface area contributed by atoms with Crippen LogP contribution in [0.5, 0.6) is 0 Å². The summed E-state index contributed by atoms with van der Waals surface area (Å²) >= 11 is 0. The third-order valence-electron chi connectivity index (χ3n) is 4.87. The van der Waals surface area contributed by atoms with Gasteiger partial charge in [-0.1, -0.05) is 6.07 Å². The standard InChI is InChI=1S/C19H22N4O2/c24-18(21-16-7-8-16)15-5-2-10-22(13-15)19(25)14-4-1-6-17(12-14)23-11-3-9-20-23/h1,3-4,6,9,11-12,15-16H,2,5,7-8,10,13H2,(H,21,24)/t15-/m0/s1. The molecule has 25 heavy (non-hydrogen) atoms. The highest BCUT2D eigenvalue weighted by molar-refractivity contribution is 5.95. The lowest BCUT2D eigenvalue weighted by Gasteiger charge is -2.32. The first-order valence-corrected chi connectivity index (χ1v) is 8.90. The van der Waals surface area contributed by atoms with E-state index >= 15 is 0 Å². The Morgan fingerprint density at radius 3 is 2.80 bits per heavy atom. The minimum atomic E-state index is -0.0902. The first-order valence-electron chi connectivity index (χ1n) is 8.90. The molecular weight excluding hydrogens is 316 g/mol. The lowest BCUT2D eigenvalue weighted by atomic mass is 9.96. The molecule has 1 atom stereocenters. The first-order chi connectivity index (χ1) is 12.2. The van der Waals surface area contributed by atoms with Gasteiger partial charge in [-0.05, 0) is 49.9 Å². The van der Waals surface area contributed by atoms with E-state index in [1.54, 1.807) is 10.9 Å². The number of carbonyl (C=O) groups is 2. The van der Waals surface area contributed by atoms with Crippen molar-refractivity contribution in [2.75, 3.05) is 13.1 Å². The third kappa shape index (κ3) is 3.57. The molecule has 1 aliphatic carbocycles. The average molecular weight is 338 g/mol. The summed E-state index contributed by atoms with van der Waals surface area (Å²) in [5.41, 5.74) is 1.49. The zero-order chi connectivity index (χ0) is 17.2. The Morgan fingerprint density at radius 1 is 1.16 bits per heavy atom. The molecule has 1 aromatic carbocycles. The van der Waals surface area contributed by atoms with Crippen LogP contribution in [0.4, 0.5) is 0 Å². The van der Waals surface area contributed by atoms with Gasteiger partial charge in [0.1, 0.15) is 0 Å². The van der Waals surface area contributed by atoms with E-state index in [0.29, 0.717) is 24.7 Å². The number of carbonyl (C=O) groups excluding carboxylic acids is 2. The molecule has 1 aromatic heterocycles. The third-order valence-corrected chi connectivity index (χ3v) is 4.87. The van der Waals surface area contributed by atoms with Gasteiger partial charge in [-0.2, -0.15) is 5.10 Å². The van der Waals surface area contributed by atoms with Gasteiger partial charge < -0.3 is 10.2 Å². The Balaban J connectivity index is 1.46. The lowest BCUT2D eigenvalue weighted by molar-refractivity contribution is -0.126. The molecule has 0 unspecified atom stereocenters. The Kier molecular flexibility index (Phi) is 4.26. The van der Waals surface area contributed by atoms with Gasteiger partial charge in [-0.25, -0.2) is 4.68 Å². The van der Waals surface area contributed by atoms with Crippen molar-refractivity contribution in [2.45, 2.75) is 31.7 Å². The van der Waals surface area contributed by atoms with Crippen LogP contribution < -0.4 is 5.32 Å². The van der Waals surface area contributed by atoms with Crippen LogP contribution >= 0.6 is 0 Å². The summed E-state index contributed by atoms with van der Waals surface area (Å²) in [6.45, 7) is 1.21. The normalized spacial score (nSPS) is 20.3. The molecule has 4 rings (SSSR count). The molecule has 6 nitrogen and oxygen atoms in total. The van der Waals surface area contributed by atoms with Gasteiger partial charge in [-0.15, -0.1) is 0 Å². The van der Waals surface area contributed by atoms with Crippen LogP contribution in [0.3, 0.4) is 0 Å². The molecule has 6 heteroatoms. The topological polar surface area (TPSA) is 67.2 Å². The summed E-state index contributed by atoms with van der Waals surface area (Å²) in [4.78, 5) is 27.0. The van der Waals surface area contributed by atoms with Crippen LogP contribution in [0.25, 0.3) is 5.69 Å². The van der Waals surface area contributed by atoms with Gasteiger partial charge >= 0.3 is 0 Å². The number of piperidine rings is 1. The van der Waals surface area contributed by atoms with E-state index < -0.39 is 0 Å². The predicted octanol–water partition coefficient (Wildman–Crippen LogP) is 2.00. The van der Waals surface area contributed by atoms with Gasteiger partial charge in [0.2, 0.25) is 5.91 Å². The Hall–Kier alpha value is -2.63.